The van der Waals surface area contributed by atoms with Crippen LogP contribution in [0.2, 0.25) is 0 Å². The number of carbonyl (C=O) groups excluding carboxylic acids is 1. The van der Waals surface area contributed by atoms with Crippen LogP contribution in [0.1, 0.15) is 40.5 Å². The van der Waals surface area contributed by atoms with Gasteiger partial charge in [-0.1, -0.05) is 36.4 Å². The number of pyridine rings is 2. The van der Waals surface area contributed by atoms with Crippen LogP contribution in [0.25, 0.3) is 11.0 Å². The number of nitrogens with zero attached hydrogens (tertiary/aromatic N) is 3. The SMILES string of the molecule is Cc1nn(C)c2[nH]c(=O)c(CCC(=O)N[C@H](c3ccccc3)c3ccccn3)c(C)c12. The van der Waals surface area contributed by atoms with Crippen LogP contribution in [-0.4, -0.2) is 25.7 Å². The first-order valence-electron chi connectivity index (χ1n) is 10.3. The normalized spacial score (nSPS) is 12.1. The Labute approximate surface area is 180 Å². The summed E-state index contributed by atoms with van der Waals surface area (Å²) in [5.41, 5.74) is 4.60. The Kier molecular flexibility index (Phi) is 5.66. The van der Waals surface area contributed by atoms with E-state index in [-0.39, 0.29) is 23.9 Å². The second-order valence-corrected chi connectivity index (χ2v) is 7.66. The van der Waals surface area contributed by atoms with Gasteiger partial charge < -0.3 is 10.3 Å². The third kappa shape index (κ3) is 4.12. The van der Waals surface area contributed by atoms with E-state index in [2.05, 4.69) is 20.4 Å². The molecule has 1 amide bonds. The van der Waals surface area contributed by atoms with Crippen LogP contribution in [0.15, 0.2) is 59.5 Å². The molecule has 7 nitrogen and oxygen atoms in total. The zero-order valence-corrected chi connectivity index (χ0v) is 17.8. The third-order valence-corrected chi connectivity index (χ3v) is 5.58. The van der Waals surface area contributed by atoms with Gasteiger partial charge in [0, 0.05) is 30.6 Å². The Balaban J connectivity index is 1.56. The predicted molar refractivity (Wildman–Crippen MR) is 120 cm³/mol. The van der Waals surface area contributed by atoms with Gasteiger partial charge in [-0.05, 0) is 43.5 Å². The number of carbonyl (C=O) groups is 1. The van der Waals surface area contributed by atoms with Crippen molar-refractivity contribution >= 4 is 16.9 Å². The van der Waals surface area contributed by atoms with Gasteiger partial charge in [0.2, 0.25) is 5.91 Å². The second kappa shape index (κ2) is 8.55. The fraction of sp³-hybridized carbons (Fsp3) is 0.250. The lowest BCUT2D eigenvalue weighted by Crippen LogP contribution is -2.30. The maximum atomic E-state index is 12.9. The van der Waals surface area contributed by atoms with Crippen molar-refractivity contribution in [3.05, 3.63) is 93.2 Å². The van der Waals surface area contributed by atoms with E-state index in [1.54, 1.807) is 17.9 Å². The lowest BCUT2D eigenvalue weighted by Gasteiger charge is -2.19. The molecule has 1 atom stereocenters. The summed E-state index contributed by atoms with van der Waals surface area (Å²) < 4.78 is 1.67. The Hall–Kier alpha value is -3.74. The van der Waals surface area contributed by atoms with Gasteiger partial charge in [0.25, 0.3) is 5.56 Å². The highest BCUT2D eigenvalue weighted by Gasteiger charge is 2.19. The maximum absolute atomic E-state index is 12.9. The van der Waals surface area contributed by atoms with Gasteiger partial charge in [-0.15, -0.1) is 0 Å². The summed E-state index contributed by atoms with van der Waals surface area (Å²) in [5.74, 6) is -0.138. The quantitative estimate of drug-likeness (QED) is 0.506. The van der Waals surface area contributed by atoms with E-state index >= 15 is 0 Å². The first kappa shape index (κ1) is 20.5. The minimum Gasteiger partial charge on any atom is -0.344 e. The van der Waals surface area contributed by atoms with Crippen molar-refractivity contribution in [1.82, 2.24) is 25.1 Å². The van der Waals surface area contributed by atoms with E-state index in [1.165, 1.54) is 0 Å². The Bertz CT molecular complexity index is 1240. The molecule has 4 aromatic rings. The second-order valence-electron chi connectivity index (χ2n) is 7.66. The highest BCUT2D eigenvalue weighted by molar-refractivity contribution is 5.83. The smallest absolute Gasteiger partial charge is 0.253 e. The largest absolute Gasteiger partial charge is 0.344 e. The highest BCUT2D eigenvalue weighted by Crippen LogP contribution is 2.22. The van der Waals surface area contributed by atoms with Gasteiger partial charge in [0.1, 0.15) is 5.65 Å². The molecule has 4 rings (SSSR count). The molecule has 0 aliphatic heterocycles. The van der Waals surface area contributed by atoms with Crippen LogP contribution in [0.4, 0.5) is 0 Å². The molecular formula is C24H25N5O2. The fourth-order valence-corrected chi connectivity index (χ4v) is 4.05. The van der Waals surface area contributed by atoms with Crippen LogP contribution in [-0.2, 0) is 18.3 Å². The Morgan fingerprint density at radius 3 is 2.58 bits per heavy atom. The molecule has 3 heterocycles. The van der Waals surface area contributed by atoms with Crippen LogP contribution in [0, 0.1) is 13.8 Å². The molecule has 0 radical (unpaired) electrons. The van der Waals surface area contributed by atoms with Gasteiger partial charge in [-0.3, -0.25) is 19.3 Å². The Morgan fingerprint density at radius 2 is 1.87 bits per heavy atom. The number of nitrogens with one attached hydrogen (secondary N) is 2. The molecule has 0 spiro atoms. The van der Waals surface area contributed by atoms with Gasteiger partial charge in [-0.25, -0.2) is 0 Å². The van der Waals surface area contributed by atoms with Gasteiger partial charge >= 0.3 is 0 Å². The zero-order chi connectivity index (χ0) is 22.0. The molecule has 158 valence electrons. The van der Waals surface area contributed by atoms with Crippen LogP contribution in [0.3, 0.4) is 0 Å². The van der Waals surface area contributed by atoms with Gasteiger partial charge in [0.15, 0.2) is 0 Å². The van der Waals surface area contributed by atoms with E-state index in [0.29, 0.717) is 17.6 Å². The average Bonchev–Trinajstić information content (AvgIpc) is 3.06. The van der Waals surface area contributed by atoms with Crippen molar-refractivity contribution in [2.75, 3.05) is 0 Å². The standard InChI is InChI=1S/C24H25N5O2/c1-15-18(24(31)27-23-21(15)16(2)28-29(23)3)12-13-20(30)26-22(17-9-5-4-6-10-17)19-11-7-8-14-25-19/h4-11,14,22H,12-13H2,1-3H3,(H,26,30)(H,27,31)/t22-/m1/s1. The minimum absolute atomic E-state index is 0.138. The third-order valence-electron chi connectivity index (χ3n) is 5.58. The van der Waals surface area contributed by atoms with Crippen molar-refractivity contribution in [3.8, 4) is 0 Å². The average molecular weight is 415 g/mol. The lowest BCUT2D eigenvalue weighted by molar-refractivity contribution is -0.121. The van der Waals surface area contributed by atoms with Crippen molar-refractivity contribution < 1.29 is 4.79 Å². The van der Waals surface area contributed by atoms with Crippen molar-refractivity contribution in [3.63, 3.8) is 0 Å². The number of aromatic nitrogens is 4. The van der Waals surface area contributed by atoms with E-state index in [0.717, 1.165) is 27.9 Å². The van der Waals surface area contributed by atoms with Crippen molar-refractivity contribution in [2.45, 2.75) is 32.7 Å². The number of hydrogen-bond acceptors (Lipinski definition) is 4. The highest BCUT2D eigenvalue weighted by atomic mass is 16.1. The predicted octanol–water partition coefficient (Wildman–Crippen LogP) is 3.11. The molecule has 7 heteroatoms. The molecule has 0 aliphatic rings. The molecule has 31 heavy (non-hydrogen) atoms. The summed E-state index contributed by atoms with van der Waals surface area (Å²) >= 11 is 0. The van der Waals surface area contributed by atoms with E-state index in [4.69, 9.17) is 0 Å². The van der Waals surface area contributed by atoms with Crippen molar-refractivity contribution in [2.24, 2.45) is 7.05 Å². The number of hydrogen-bond donors (Lipinski definition) is 2. The van der Waals surface area contributed by atoms with Crippen LogP contribution in [0.5, 0.6) is 0 Å². The van der Waals surface area contributed by atoms with Crippen LogP contribution >= 0.6 is 0 Å². The fourth-order valence-electron chi connectivity index (χ4n) is 4.05. The molecule has 1 aromatic carbocycles. The number of rotatable bonds is 6. The monoisotopic (exact) mass is 415 g/mol. The number of aryl methyl sites for hydroxylation is 3. The van der Waals surface area contributed by atoms with Gasteiger partial charge in [-0.2, -0.15) is 5.10 Å². The summed E-state index contributed by atoms with van der Waals surface area (Å²) in [4.78, 5) is 32.8. The molecule has 0 unspecified atom stereocenters. The number of aromatic amines is 1. The van der Waals surface area contributed by atoms with E-state index < -0.39 is 0 Å². The molecule has 0 fully saturated rings. The number of amides is 1. The number of H-pyrrole nitrogens is 1. The summed E-state index contributed by atoms with van der Waals surface area (Å²) in [6.45, 7) is 3.83. The lowest BCUT2D eigenvalue weighted by atomic mass is 10.0. The van der Waals surface area contributed by atoms with Crippen LogP contribution < -0.4 is 10.9 Å². The van der Waals surface area contributed by atoms with Crippen molar-refractivity contribution in [1.29, 1.82) is 0 Å². The maximum Gasteiger partial charge on any atom is 0.253 e. The summed E-state index contributed by atoms with van der Waals surface area (Å²) in [5, 5.41) is 8.41. The summed E-state index contributed by atoms with van der Waals surface area (Å²) in [6.07, 6.45) is 2.26. The molecule has 0 bridgehead atoms. The van der Waals surface area contributed by atoms with E-state index in [9.17, 15) is 9.59 Å². The topological polar surface area (TPSA) is 92.7 Å². The van der Waals surface area contributed by atoms with E-state index in [1.807, 2.05) is 62.4 Å². The molecule has 2 N–H and O–H groups in total. The Morgan fingerprint density at radius 1 is 1.13 bits per heavy atom. The molecule has 3 aromatic heterocycles. The first-order chi connectivity index (χ1) is 15.0. The first-order valence-corrected chi connectivity index (χ1v) is 10.3. The minimum atomic E-state index is -0.350. The summed E-state index contributed by atoms with van der Waals surface area (Å²) in [7, 11) is 1.80. The number of fused-ring (bicyclic) bond motifs is 1. The summed E-state index contributed by atoms with van der Waals surface area (Å²) in [6, 6.07) is 15.0. The van der Waals surface area contributed by atoms with Gasteiger partial charge in [0.05, 0.1) is 17.4 Å². The molecule has 0 aliphatic carbocycles. The molecule has 0 saturated heterocycles. The molecule has 0 saturated carbocycles. The molecular weight excluding hydrogens is 390 g/mol. The zero-order valence-electron chi connectivity index (χ0n) is 17.8. The number of benzene rings is 1.